The monoisotopic (exact) mass is 430 g/mol. The number of benzene rings is 2. The Morgan fingerprint density at radius 3 is 2.50 bits per heavy atom. The third-order valence-corrected chi connectivity index (χ3v) is 7.12. The van der Waals surface area contributed by atoms with Crippen molar-refractivity contribution >= 4 is 15.9 Å². The van der Waals surface area contributed by atoms with Gasteiger partial charge in [-0.1, -0.05) is 36.8 Å². The highest BCUT2D eigenvalue weighted by Crippen LogP contribution is 2.27. The zero-order chi connectivity index (χ0) is 21.7. The molecule has 0 aliphatic carbocycles. The predicted octanol–water partition coefficient (Wildman–Crippen LogP) is 3.89. The van der Waals surface area contributed by atoms with Gasteiger partial charge in [-0.25, -0.2) is 8.42 Å². The van der Waals surface area contributed by atoms with Gasteiger partial charge in [0.15, 0.2) is 0 Å². The summed E-state index contributed by atoms with van der Waals surface area (Å²) in [5.74, 6) is 0.478. The molecule has 2 atom stereocenters. The molecule has 2 aromatic carbocycles. The average Bonchev–Trinajstić information content (AvgIpc) is 2.74. The van der Waals surface area contributed by atoms with Crippen LogP contribution in [-0.4, -0.2) is 37.3 Å². The van der Waals surface area contributed by atoms with Crippen LogP contribution in [-0.2, 0) is 14.8 Å². The van der Waals surface area contributed by atoms with Crippen molar-refractivity contribution in [2.75, 3.05) is 6.54 Å². The molecule has 0 saturated carbocycles. The molecule has 1 fully saturated rings. The van der Waals surface area contributed by atoms with Crippen LogP contribution in [0.2, 0.25) is 0 Å². The zero-order valence-corrected chi connectivity index (χ0v) is 18.6. The van der Waals surface area contributed by atoms with Crippen molar-refractivity contribution in [1.29, 1.82) is 0 Å². The minimum absolute atomic E-state index is 0.0594. The average molecular weight is 431 g/mol. The molecule has 6 nitrogen and oxygen atoms in total. The summed E-state index contributed by atoms with van der Waals surface area (Å²) in [5, 5.41) is 3.00. The van der Waals surface area contributed by atoms with Gasteiger partial charge in [-0.15, -0.1) is 0 Å². The lowest BCUT2D eigenvalue weighted by molar-refractivity contribution is -0.126. The number of rotatable bonds is 7. The molecule has 0 radical (unpaired) electrons. The smallest absolute Gasteiger partial charge is 0.243 e. The molecular formula is C23H30N2O4S. The normalized spacial score (nSPS) is 18.7. The van der Waals surface area contributed by atoms with E-state index in [0.717, 1.165) is 24.2 Å². The van der Waals surface area contributed by atoms with Crippen molar-refractivity contribution in [1.82, 2.24) is 9.62 Å². The predicted molar refractivity (Wildman–Crippen MR) is 117 cm³/mol. The van der Waals surface area contributed by atoms with E-state index in [4.69, 9.17) is 4.74 Å². The third kappa shape index (κ3) is 5.21. The van der Waals surface area contributed by atoms with Gasteiger partial charge in [0, 0.05) is 6.54 Å². The fourth-order valence-electron chi connectivity index (χ4n) is 3.70. The van der Waals surface area contributed by atoms with Crippen LogP contribution >= 0.6 is 0 Å². The number of amides is 1. The molecule has 7 heteroatoms. The molecule has 0 spiro atoms. The maximum atomic E-state index is 13.1. The number of nitrogens with one attached hydrogen (secondary N) is 1. The molecule has 1 amide bonds. The quantitative estimate of drug-likeness (QED) is 0.723. The molecule has 1 aliphatic heterocycles. The fourth-order valence-corrected chi connectivity index (χ4v) is 5.38. The highest BCUT2D eigenvalue weighted by atomic mass is 32.2. The van der Waals surface area contributed by atoms with Crippen LogP contribution in [0.25, 0.3) is 0 Å². The van der Waals surface area contributed by atoms with Crippen LogP contribution in [0.4, 0.5) is 0 Å². The molecule has 1 aliphatic rings. The number of piperidine rings is 1. The summed E-state index contributed by atoms with van der Waals surface area (Å²) < 4.78 is 33.4. The van der Waals surface area contributed by atoms with Gasteiger partial charge in [0.2, 0.25) is 15.9 Å². The number of carbonyl (C=O) groups excluding carboxylic acids is 1. The van der Waals surface area contributed by atoms with E-state index in [0.29, 0.717) is 13.0 Å². The molecule has 2 aromatic rings. The Kier molecular flexibility index (Phi) is 7.15. The number of nitrogens with zero attached hydrogens (tertiary/aromatic N) is 1. The van der Waals surface area contributed by atoms with Crippen molar-refractivity contribution in [2.24, 2.45) is 0 Å². The maximum Gasteiger partial charge on any atom is 0.243 e. The first-order valence-electron chi connectivity index (χ1n) is 10.4. The summed E-state index contributed by atoms with van der Waals surface area (Å²) in [6, 6.07) is 14.9. The van der Waals surface area contributed by atoms with Crippen LogP contribution in [0, 0.1) is 0 Å². The number of hydrogen-bond donors (Lipinski definition) is 1. The first kappa shape index (κ1) is 22.3. The van der Waals surface area contributed by atoms with Crippen molar-refractivity contribution in [3.8, 4) is 5.75 Å². The largest absolute Gasteiger partial charge is 0.491 e. The van der Waals surface area contributed by atoms with Crippen molar-refractivity contribution < 1.29 is 17.9 Å². The van der Waals surface area contributed by atoms with Gasteiger partial charge in [0.1, 0.15) is 11.8 Å². The van der Waals surface area contributed by atoms with Gasteiger partial charge in [0.25, 0.3) is 0 Å². The van der Waals surface area contributed by atoms with Crippen LogP contribution in [0.15, 0.2) is 59.5 Å². The SMILES string of the molecule is CC(C)Oc1cccc(C(C)NC(=O)C2CCCCN2S(=O)(=O)c2ccccc2)c1. The topological polar surface area (TPSA) is 75.7 Å². The summed E-state index contributed by atoms with van der Waals surface area (Å²) in [6.45, 7) is 6.16. The minimum atomic E-state index is -3.72. The lowest BCUT2D eigenvalue weighted by atomic mass is 10.0. The molecule has 0 aromatic heterocycles. The van der Waals surface area contributed by atoms with Crippen LogP contribution < -0.4 is 10.1 Å². The minimum Gasteiger partial charge on any atom is -0.491 e. The van der Waals surface area contributed by atoms with Crippen LogP contribution in [0.3, 0.4) is 0 Å². The molecule has 1 saturated heterocycles. The maximum absolute atomic E-state index is 13.1. The van der Waals surface area contributed by atoms with Gasteiger partial charge >= 0.3 is 0 Å². The molecule has 2 unspecified atom stereocenters. The van der Waals surface area contributed by atoms with Gasteiger partial charge < -0.3 is 10.1 Å². The number of hydrogen-bond acceptors (Lipinski definition) is 4. The van der Waals surface area contributed by atoms with E-state index in [2.05, 4.69) is 5.32 Å². The lowest BCUT2D eigenvalue weighted by Gasteiger charge is -2.34. The highest BCUT2D eigenvalue weighted by molar-refractivity contribution is 7.89. The van der Waals surface area contributed by atoms with E-state index in [1.165, 1.54) is 4.31 Å². The third-order valence-electron chi connectivity index (χ3n) is 5.19. The van der Waals surface area contributed by atoms with E-state index < -0.39 is 16.1 Å². The molecule has 1 N–H and O–H groups in total. The van der Waals surface area contributed by atoms with Crippen molar-refractivity contribution in [3.05, 3.63) is 60.2 Å². The lowest BCUT2D eigenvalue weighted by Crippen LogP contribution is -2.52. The van der Waals surface area contributed by atoms with E-state index in [1.807, 2.05) is 45.0 Å². The van der Waals surface area contributed by atoms with Crippen molar-refractivity contribution in [2.45, 2.75) is 63.1 Å². The molecule has 30 heavy (non-hydrogen) atoms. The molecule has 3 rings (SSSR count). The van der Waals surface area contributed by atoms with Gasteiger partial charge in [0.05, 0.1) is 17.0 Å². The zero-order valence-electron chi connectivity index (χ0n) is 17.7. The summed E-state index contributed by atoms with van der Waals surface area (Å²) in [5.41, 5.74) is 0.912. The summed E-state index contributed by atoms with van der Waals surface area (Å²) >= 11 is 0. The van der Waals surface area contributed by atoms with E-state index in [1.54, 1.807) is 30.3 Å². The second-order valence-corrected chi connectivity index (χ2v) is 9.80. The number of carbonyl (C=O) groups is 1. The van der Waals surface area contributed by atoms with Crippen molar-refractivity contribution in [3.63, 3.8) is 0 Å². The van der Waals surface area contributed by atoms with E-state index >= 15 is 0 Å². The molecule has 1 heterocycles. The summed E-state index contributed by atoms with van der Waals surface area (Å²) in [7, 11) is -3.72. The van der Waals surface area contributed by atoms with Crippen LogP contribution in [0.1, 0.15) is 51.6 Å². The number of ether oxygens (including phenoxy) is 1. The Balaban J connectivity index is 1.76. The van der Waals surface area contributed by atoms with Gasteiger partial charge in [-0.05, 0) is 63.4 Å². The second-order valence-electron chi connectivity index (χ2n) is 7.91. The molecule has 162 valence electrons. The molecular weight excluding hydrogens is 400 g/mol. The van der Waals surface area contributed by atoms with Crippen LogP contribution in [0.5, 0.6) is 5.75 Å². The molecule has 0 bridgehead atoms. The summed E-state index contributed by atoms with van der Waals surface area (Å²) in [6.07, 6.45) is 2.15. The first-order valence-corrected chi connectivity index (χ1v) is 11.9. The number of sulfonamides is 1. The highest BCUT2D eigenvalue weighted by Gasteiger charge is 2.37. The Bertz CT molecular complexity index is 960. The Labute approximate surface area is 179 Å². The van der Waals surface area contributed by atoms with Gasteiger partial charge in [-0.2, -0.15) is 4.31 Å². The van der Waals surface area contributed by atoms with E-state index in [9.17, 15) is 13.2 Å². The Hall–Kier alpha value is -2.38. The summed E-state index contributed by atoms with van der Waals surface area (Å²) in [4.78, 5) is 13.3. The fraction of sp³-hybridized carbons (Fsp3) is 0.435. The van der Waals surface area contributed by atoms with Gasteiger partial charge in [-0.3, -0.25) is 4.79 Å². The Morgan fingerprint density at radius 1 is 1.07 bits per heavy atom. The second kappa shape index (κ2) is 9.62. The van der Waals surface area contributed by atoms with E-state index in [-0.39, 0.29) is 22.9 Å². The standard InChI is InChI=1S/C23H30N2O4S/c1-17(2)29-20-11-9-10-19(16-20)18(3)24-23(26)22-14-7-8-15-25(22)30(27,28)21-12-5-4-6-13-21/h4-6,9-13,16-18,22H,7-8,14-15H2,1-3H3,(H,24,26). The first-order chi connectivity index (χ1) is 14.3. The Morgan fingerprint density at radius 2 is 1.80 bits per heavy atom.